The van der Waals surface area contributed by atoms with E-state index in [1.54, 1.807) is 0 Å². The number of hydrogen-bond donors (Lipinski definition) is 2. The number of amides is 2. The fourth-order valence-corrected chi connectivity index (χ4v) is 1.87. The lowest BCUT2D eigenvalue weighted by Gasteiger charge is -2.26. The Balaban J connectivity index is 1.97. The second-order valence-corrected chi connectivity index (χ2v) is 4.18. The topological polar surface area (TPSA) is 67.4 Å². The number of rotatable bonds is 2. The molecular formula is C9H14N2O3. The van der Waals surface area contributed by atoms with Crippen molar-refractivity contribution in [3.05, 3.63) is 0 Å². The molecule has 2 atom stereocenters. The van der Waals surface area contributed by atoms with Gasteiger partial charge >= 0.3 is 0 Å². The van der Waals surface area contributed by atoms with Crippen LogP contribution in [0.15, 0.2) is 0 Å². The number of carbonyl (C=O) groups excluding carboxylic acids is 2. The summed E-state index contributed by atoms with van der Waals surface area (Å²) < 4.78 is 5.25. The van der Waals surface area contributed by atoms with Gasteiger partial charge in [0.2, 0.25) is 11.8 Å². The first kappa shape index (κ1) is 9.61. The van der Waals surface area contributed by atoms with E-state index >= 15 is 0 Å². The van der Waals surface area contributed by atoms with Gasteiger partial charge in [0.25, 0.3) is 0 Å². The van der Waals surface area contributed by atoms with Gasteiger partial charge in [-0.1, -0.05) is 0 Å². The van der Waals surface area contributed by atoms with E-state index in [0.717, 1.165) is 6.42 Å². The van der Waals surface area contributed by atoms with Gasteiger partial charge in [0.15, 0.2) is 0 Å². The smallest absolute Gasteiger partial charge is 0.244 e. The first-order chi connectivity index (χ1) is 6.59. The van der Waals surface area contributed by atoms with Gasteiger partial charge in [-0.05, 0) is 13.3 Å². The summed E-state index contributed by atoms with van der Waals surface area (Å²) in [6, 6.07) is -0.380. The Morgan fingerprint density at radius 1 is 1.57 bits per heavy atom. The third-order valence-electron chi connectivity index (χ3n) is 2.71. The van der Waals surface area contributed by atoms with E-state index in [2.05, 4.69) is 10.6 Å². The molecule has 2 unspecified atom stereocenters. The van der Waals surface area contributed by atoms with E-state index in [9.17, 15) is 9.59 Å². The molecule has 14 heavy (non-hydrogen) atoms. The van der Waals surface area contributed by atoms with Crippen molar-refractivity contribution in [3.63, 3.8) is 0 Å². The maximum Gasteiger partial charge on any atom is 0.244 e. The Morgan fingerprint density at radius 2 is 2.36 bits per heavy atom. The quantitative estimate of drug-likeness (QED) is 0.568. The highest BCUT2D eigenvalue weighted by Crippen LogP contribution is 2.19. The van der Waals surface area contributed by atoms with Crippen LogP contribution in [0.3, 0.4) is 0 Å². The van der Waals surface area contributed by atoms with Crippen LogP contribution in [0.5, 0.6) is 0 Å². The average Bonchev–Trinajstić information content (AvgIpc) is 2.61. The van der Waals surface area contributed by atoms with Crippen molar-refractivity contribution in [1.29, 1.82) is 0 Å². The van der Waals surface area contributed by atoms with Crippen molar-refractivity contribution in [1.82, 2.24) is 10.6 Å². The van der Waals surface area contributed by atoms with E-state index in [1.807, 2.05) is 6.92 Å². The fraction of sp³-hybridized carbons (Fsp3) is 0.778. The minimum absolute atomic E-state index is 0.160. The highest BCUT2D eigenvalue weighted by Gasteiger charge is 2.38. The van der Waals surface area contributed by atoms with E-state index in [-0.39, 0.29) is 29.8 Å². The Kier molecular flexibility index (Phi) is 2.28. The number of carbonyl (C=O) groups is 2. The molecule has 0 aromatic heterocycles. The molecule has 2 saturated heterocycles. The summed E-state index contributed by atoms with van der Waals surface area (Å²) in [5.74, 6) is -0.418. The highest BCUT2D eigenvalue weighted by molar-refractivity contribution is 6.05. The molecule has 2 aliphatic heterocycles. The monoisotopic (exact) mass is 198 g/mol. The van der Waals surface area contributed by atoms with Gasteiger partial charge in [0, 0.05) is 12.1 Å². The number of hydrogen-bond acceptors (Lipinski definition) is 4. The summed E-state index contributed by atoms with van der Waals surface area (Å²) in [6.45, 7) is 3.33. The van der Waals surface area contributed by atoms with Crippen molar-refractivity contribution in [2.24, 2.45) is 0 Å². The van der Waals surface area contributed by atoms with E-state index in [4.69, 9.17) is 4.74 Å². The zero-order valence-corrected chi connectivity index (χ0v) is 8.13. The molecule has 0 aromatic carbocycles. The normalized spacial score (nSPS) is 37.6. The zero-order chi connectivity index (χ0) is 10.2. The second kappa shape index (κ2) is 3.33. The summed E-state index contributed by atoms with van der Waals surface area (Å²) in [5, 5.41) is 5.45. The van der Waals surface area contributed by atoms with E-state index in [1.165, 1.54) is 0 Å². The van der Waals surface area contributed by atoms with Crippen LogP contribution in [0.2, 0.25) is 0 Å². The number of nitrogens with one attached hydrogen (secondary N) is 2. The summed E-state index contributed by atoms with van der Waals surface area (Å²) in [6.07, 6.45) is 1.12. The maximum atomic E-state index is 11.3. The van der Waals surface area contributed by atoms with Crippen LogP contribution in [0.4, 0.5) is 0 Å². The van der Waals surface area contributed by atoms with Crippen LogP contribution >= 0.6 is 0 Å². The molecule has 0 spiro atoms. The van der Waals surface area contributed by atoms with Gasteiger partial charge in [-0.25, -0.2) is 0 Å². The molecule has 78 valence electrons. The van der Waals surface area contributed by atoms with Gasteiger partial charge < -0.3 is 4.74 Å². The minimum atomic E-state index is -0.380. The Bertz CT molecular complexity index is 271. The van der Waals surface area contributed by atoms with Crippen LogP contribution in [-0.2, 0) is 14.3 Å². The Hall–Kier alpha value is -0.940. The molecule has 2 rings (SSSR count). The number of imide groups is 1. The molecule has 0 aromatic rings. The second-order valence-electron chi connectivity index (χ2n) is 4.18. The van der Waals surface area contributed by atoms with Crippen LogP contribution in [0, 0.1) is 0 Å². The predicted molar refractivity (Wildman–Crippen MR) is 48.5 cm³/mol. The molecule has 2 N–H and O–H groups in total. The first-order valence-corrected chi connectivity index (χ1v) is 4.78. The zero-order valence-electron chi connectivity index (χ0n) is 8.13. The lowest BCUT2D eigenvalue weighted by molar-refractivity contribution is -0.125. The van der Waals surface area contributed by atoms with Gasteiger partial charge in [-0.2, -0.15) is 0 Å². The van der Waals surface area contributed by atoms with Crippen LogP contribution < -0.4 is 10.6 Å². The van der Waals surface area contributed by atoms with Crippen molar-refractivity contribution in [2.75, 3.05) is 13.2 Å². The van der Waals surface area contributed by atoms with Crippen LogP contribution in [0.1, 0.15) is 19.8 Å². The third kappa shape index (κ3) is 1.78. The minimum Gasteiger partial charge on any atom is -0.379 e. The largest absolute Gasteiger partial charge is 0.379 e. The lowest BCUT2D eigenvalue weighted by atomic mass is 10.00. The molecule has 0 radical (unpaired) electrons. The SMILES string of the molecule is CC1(NC2CC(=O)NC2=O)CCOC1. The summed E-state index contributed by atoms with van der Waals surface area (Å²) in [7, 11) is 0. The van der Waals surface area contributed by atoms with Gasteiger partial charge in [0.05, 0.1) is 19.1 Å². The molecule has 5 heteroatoms. The first-order valence-electron chi connectivity index (χ1n) is 4.78. The molecule has 0 bridgehead atoms. The van der Waals surface area contributed by atoms with Gasteiger partial charge in [-0.3, -0.25) is 20.2 Å². The third-order valence-corrected chi connectivity index (χ3v) is 2.71. The molecule has 5 nitrogen and oxygen atoms in total. The van der Waals surface area contributed by atoms with Crippen molar-refractivity contribution < 1.29 is 14.3 Å². The summed E-state index contributed by atoms with van der Waals surface area (Å²) in [4.78, 5) is 22.2. The molecular weight excluding hydrogens is 184 g/mol. The molecule has 2 aliphatic rings. The number of ether oxygens (including phenoxy) is 1. The summed E-state index contributed by atoms with van der Waals surface area (Å²) in [5.41, 5.74) is -0.160. The van der Waals surface area contributed by atoms with Crippen molar-refractivity contribution in [2.45, 2.75) is 31.3 Å². The fourth-order valence-electron chi connectivity index (χ4n) is 1.87. The average molecular weight is 198 g/mol. The van der Waals surface area contributed by atoms with Gasteiger partial charge in [-0.15, -0.1) is 0 Å². The van der Waals surface area contributed by atoms with Crippen molar-refractivity contribution >= 4 is 11.8 Å². The molecule has 0 saturated carbocycles. The Morgan fingerprint density at radius 3 is 2.86 bits per heavy atom. The Labute approximate surface area is 82.2 Å². The van der Waals surface area contributed by atoms with E-state index in [0.29, 0.717) is 13.2 Å². The molecule has 2 fully saturated rings. The highest BCUT2D eigenvalue weighted by atomic mass is 16.5. The lowest BCUT2D eigenvalue weighted by Crippen LogP contribution is -2.51. The van der Waals surface area contributed by atoms with E-state index < -0.39 is 0 Å². The molecule has 0 aliphatic carbocycles. The van der Waals surface area contributed by atoms with Crippen molar-refractivity contribution in [3.8, 4) is 0 Å². The molecule has 2 heterocycles. The summed E-state index contributed by atoms with van der Waals surface area (Å²) >= 11 is 0. The predicted octanol–water partition coefficient (Wildman–Crippen LogP) is -0.830. The van der Waals surface area contributed by atoms with Gasteiger partial charge in [0.1, 0.15) is 0 Å². The standard InChI is InChI=1S/C9H14N2O3/c1-9(2-3-14-5-9)11-6-4-7(12)10-8(6)13/h6,11H,2-5H2,1H3,(H,10,12,13). The molecule has 2 amide bonds. The van der Waals surface area contributed by atoms with Crippen LogP contribution in [-0.4, -0.2) is 36.6 Å². The maximum absolute atomic E-state index is 11.3. The van der Waals surface area contributed by atoms with Crippen LogP contribution in [0.25, 0.3) is 0 Å².